The summed E-state index contributed by atoms with van der Waals surface area (Å²) < 4.78 is 0. The molecule has 1 N–H and O–H groups in total. The maximum absolute atomic E-state index is 6.04. The molecule has 1 aliphatic rings. The minimum Gasteiger partial charge on any atom is -0.316 e. The van der Waals surface area contributed by atoms with Gasteiger partial charge in [0.1, 0.15) is 0 Å². The molecule has 2 rings (SSSR count). The Bertz CT molecular complexity index is 389. The summed E-state index contributed by atoms with van der Waals surface area (Å²) in [6.45, 7) is 10.1. The van der Waals surface area contributed by atoms with Crippen LogP contribution in [0.2, 0.25) is 5.02 Å². The van der Waals surface area contributed by atoms with Crippen molar-refractivity contribution in [2.24, 2.45) is 5.41 Å². The molecule has 1 aromatic rings. The highest BCUT2D eigenvalue weighted by molar-refractivity contribution is 6.30. The summed E-state index contributed by atoms with van der Waals surface area (Å²) in [5.41, 5.74) is 1.73. The Balaban J connectivity index is 0.00000180. The number of halogens is 2. The highest BCUT2D eigenvalue weighted by Gasteiger charge is 2.30. The van der Waals surface area contributed by atoms with Crippen molar-refractivity contribution in [2.75, 3.05) is 26.2 Å². The van der Waals surface area contributed by atoms with E-state index in [9.17, 15) is 0 Å². The molecule has 19 heavy (non-hydrogen) atoms. The maximum atomic E-state index is 6.04. The van der Waals surface area contributed by atoms with Crippen molar-refractivity contribution in [3.63, 3.8) is 0 Å². The van der Waals surface area contributed by atoms with Gasteiger partial charge < -0.3 is 5.32 Å². The number of hydrogen-bond donors (Lipinski definition) is 1. The van der Waals surface area contributed by atoms with Crippen LogP contribution in [-0.2, 0) is 6.54 Å². The molecule has 108 valence electrons. The predicted molar refractivity (Wildman–Crippen MR) is 85.2 cm³/mol. The Morgan fingerprint density at radius 3 is 2.79 bits per heavy atom. The largest absolute Gasteiger partial charge is 0.316 e. The summed E-state index contributed by atoms with van der Waals surface area (Å²) in [6, 6.07) is 8.19. The quantitative estimate of drug-likeness (QED) is 0.894. The summed E-state index contributed by atoms with van der Waals surface area (Å²) in [6.07, 6.45) is 1.28. The minimum absolute atomic E-state index is 0. The Hall–Kier alpha value is -0.280. The Morgan fingerprint density at radius 1 is 1.42 bits per heavy atom. The number of benzene rings is 1. The zero-order valence-corrected chi connectivity index (χ0v) is 13.4. The fraction of sp³-hybridized carbons (Fsp3) is 0.600. The highest BCUT2D eigenvalue weighted by atomic mass is 35.5. The van der Waals surface area contributed by atoms with Crippen LogP contribution in [0.3, 0.4) is 0 Å². The SMILES string of the molecule is CCN(Cc1cccc(Cl)c1)CC1(C)CCNC1.Cl. The molecule has 0 radical (unpaired) electrons. The van der Waals surface area contributed by atoms with Gasteiger partial charge in [0.15, 0.2) is 0 Å². The normalized spacial score (nSPS) is 22.5. The topological polar surface area (TPSA) is 15.3 Å². The van der Waals surface area contributed by atoms with Crippen molar-refractivity contribution in [3.8, 4) is 0 Å². The van der Waals surface area contributed by atoms with E-state index < -0.39 is 0 Å². The van der Waals surface area contributed by atoms with Crippen LogP contribution >= 0.6 is 24.0 Å². The fourth-order valence-electron chi connectivity index (χ4n) is 2.72. The fourth-order valence-corrected chi connectivity index (χ4v) is 2.93. The molecule has 0 spiro atoms. The summed E-state index contributed by atoms with van der Waals surface area (Å²) in [7, 11) is 0. The third-order valence-corrected chi connectivity index (χ3v) is 4.04. The lowest BCUT2D eigenvalue weighted by atomic mass is 9.89. The zero-order valence-electron chi connectivity index (χ0n) is 11.8. The Labute approximate surface area is 127 Å². The minimum atomic E-state index is 0. The van der Waals surface area contributed by atoms with Crippen molar-refractivity contribution < 1.29 is 0 Å². The standard InChI is InChI=1S/C15H23ClN2.ClH/c1-3-18(12-15(2)7-8-17-11-15)10-13-5-4-6-14(16)9-13;/h4-6,9,17H,3,7-8,10-12H2,1-2H3;1H. The smallest absolute Gasteiger partial charge is 0.0409 e. The first-order valence-corrected chi connectivity index (χ1v) is 7.17. The summed E-state index contributed by atoms with van der Waals surface area (Å²) in [5, 5.41) is 4.30. The molecule has 2 nitrogen and oxygen atoms in total. The molecule has 1 saturated heterocycles. The van der Waals surface area contributed by atoms with Gasteiger partial charge in [-0.1, -0.05) is 37.6 Å². The lowest BCUT2D eigenvalue weighted by molar-refractivity contribution is 0.178. The van der Waals surface area contributed by atoms with Gasteiger partial charge in [0.2, 0.25) is 0 Å². The lowest BCUT2D eigenvalue weighted by Gasteiger charge is -2.31. The highest BCUT2D eigenvalue weighted by Crippen LogP contribution is 2.26. The van der Waals surface area contributed by atoms with E-state index >= 15 is 0 Å². The van der Waals surface area contributed by atoms with Gasteiger partial charge in [-0.2, -0.15) is 0 Å². The van der Waals surface area contributed by atoms with Gasteiger partial charge in [-0.05, 0) is 42.6 Å². The van der Waals surface area contributed by atoms with Crippen molar-refractivity contribution in [3.05, 3.63) is 34.9 Å². The Morgan fingerprint density at radius 2 is 2.21 bits per heavy atom. The molecular formula is C15H24Cl2N2. The molecule has 0 saturated carbocycles. The summed E-state index contributed by atoms with van der Waals surface area (Å²) in [4.78, 5) is 2.51. The molecule has 0 aliphatic carbocycles. The molecule has 0 bridgehead atoms. The third kappa shape index (κ3) is 4.96. The van der Waals surface area contributed by atoms with Crippen LogP contribution in [0.5, 0.6) is 0 Å². The first kappa shape index (κ1) is 16.8. The second-order valence-corrected chi connectivity index (χ2v) is 6.11. The molecule has 0 aromatic heterocycles. The van der Waals surface area contributed by atoms with E-state index in [1.165, 1.54) is 12.0 Å². The Kier molecular flexibility index (Phi) is 6.61. The van der Waals surface area contributed by atoms with Crippen LogP contribution in [0.15, 0.2) is 24.3 Å². The molecular weight excluding hydrogens is 279 g/mol. The first-order valence-electron chi connectivity index (χ1n) is 6.79. The van der Waals surface area contributed by atoms with Crippen LogP contribution in [0, 0.1) is 5.41 Å². The monoisotopic (exact) mass is 302 g/mol. The molecule has 1 unspecified atom stereocenters. The van der Waals surface area contributed by atoms with Gasteiger partial charge >= 0.3 is 0 Å². The van der Waals surface area contributed by atoms with Gasteiger partial charge in [0, 0.05) is 24.7 Å². The second-order valence-electron chi connectivity index (χ2n) is 5.67. The van der Waals surface area contributed by atoms with Crippen LogP contribution < -0.4 is 5.32 Å². The van der Waals surface area contributed by atoms with Gasteiger partial charge in [0.25, 0.3) is 0 Å². The number of nitrogens with zero attached hydrogens (tertiary/aromatic N) is 1. The molecule has 1 heterocycles. The summed E-state index contributed by atoms with van der Waals surface area (Å²) >= 11 is 6.04. The molecule has 0 amide bonds. The van der Waals surface area contributed by atoms with Gasteiger partial charge in [-0.15, -0.1) is 12.4 Å². The van der Waals surface area contributed by atoms with E-state index in [0.29, 0.717) is 5.41 Å². The van der Waals surface area contributed by atoms with Gasteiger partial charge in [0.05, 0.1) is 0 Å². The number of nitrogens with one attached hydrogen (secondary N) is 1. The van der Waals surface area contributed by atoms with Crippen molar-refractivity contribution in [2.45, 2.75) is 26.8 Å². The zero-order chi connectivity index (χ0) is 13.0. The number of rotatable bonds is 5. The molecule has 1 aliphatic heterocycles. The third-order valence-electron chi connectivity index (χ3n) is 3.80. The van der Waals surface area contributed by atoms with E-state index in [1.807, 2.05) is 12.1 Å². The number of hydrogen-bond acceptors (Lipinski definition) is 2. The van der Waals surface area contributed by atoms with Crippen molar-refractivity contribution in [1.29, 1.82) is 0 Å². The van der Waals surface area contributed by atoms with Gasteiger partial charge in [-0.3, -0.25) is 4.90 Å². The van der Waals surface area contributed by atoms with Gasteiger partial charge in [-0.25, -0.2) is 0 Å². The second kappa shape index (κ2) is 7.49. The van der Waals surface area contributed by atoms with E-state index in [4.69, 9.17) is 11.6 Å². The lowest BCUT2D eigenvalue weighted by Crippen LogP contribution is -2.37. The first-order chi connectivity index (χ1) is 8.61. The molecule has 1 atom stereocenters. The summed E-state index contributed by atoms with van der Waals surface area (Å²) in [5.74, 6) is 0. The van der Waals surface area contributed by atoms with Crippen LogP contribution in [0.4, 0.5) is 0 Å². The molecule has 1 aromatic carbocycles. The van der Waals surface area contributed by atoms with E-state index in [0.717, 1.165) is 37.7 Å². The molecule has 1 fully saturated rings. The predicted octanol–water partition coefficient (Wildman–Crippen LogP) is 3.58. The van der Waals surface area contributed by atoms with Crippen LogP contribution in [0.25, 0.3) is 0 Å². The average molecular weight is 303 g/mol. The molecule has 4 heteroatoms. The maximum Gasteiger partial charge on any atom is 0.0409 e. The van der Waals surface area contributed by atoms with Crippen molar-refractivity contribution >= 4 is 24.0 Å². The van der Waals surface area contributed by atoms with E-state index in [-0.39, 0.29) is 12.4 Å². The van der Waals surface area contributed by atoms with Crippen molar-refractivity contribution in [1.82, 2.24) is 10.2 Å². The van der Waals surface area contributed by atoms with Crippen LogP contribution in [0.1, 0.15) is 25.8 Å². The average Bonchev–Trinajstić information content (AvgIpc) is 2.75. The van der Waals surface area contributed by atoms with Crippen LogP contribution in [-0.4, -0.2) is 31.1 Å². The van der Waals surface area contributed by atoms with E-state index in [1.54, 1.807) is 0 Å². The van der Waals surface area contributed by atoms with E-state index in [2.05, 4.69) is 36.2 Å².